The second kappa shape index (κ2) is 2.64. The van der Waals surface area contributed by atoms with Gasteiger partial charge in [-0.05, 0) is 16.9 Å². The quantitative estimate of drug-likeness (QED) is 0.457. The number of carbonyl (C=O) groups is 2. The molecule has 0 spiro atoms. The summed E-state index contributed by atoms with van der Waals surface area (Å²) in [4.78, 5) is 20.1. The van der Waals surface area contributed by atoms with E-state index in [9.17, 15) is 9.59 Å². The molecule has 2 nitrogen and oxygen atoms in total. The van der Waals surface area contributed by atoms with Crippen molar-refractivity contribution in [3.8, 4) is 0 Å². The molecule has 0 saturated heterocycles. The average Bonchev–Trinajstić information content (AvgIpc) is 2.34. The highest BCUT2D eigenvalue weighted by molar-refractivity contribution is 8.33. The largest absolute Gasteiger partial charge is 0.298 e. The lowest BCUT2D eigenvalue weighted by Gasteiger charge is -1.91. The van der Waals surface area contributed by atoms with Crippen molar-refractivity contribution in [1.29, 1.82) is 0 Å². The Labute approximate surface area is 55.6 Å². The van der Waals surface area contributed by atoms with Crippen molar-refractivity contribution >= 4 is 22.8 Å². The summed E-state index contributed by atoms with van der Waals surface area (Å²) in [7, 11) is -0.742. The summed E-state index contributed by atoms with van der Waals surface area (Å²) in [6.45, 7) is 0. The molecule has 0 aromatic heterocycles. The Morgan fingerprint density at radius 2 is 2.22 bits per heavy atom. The molecule has 0 fully saturated rings. The van der Waals surface area contributed by atoms with E-state index >= 15 is 0 Å². The van der Waals surface area contributed by atoms with E-state index in [0.717, 1.165) is 11.9 Å². The number of carbonyl (C=O) groups excluding carboxylic acids is 2. The van der Waals surface area contributed by atoms with Gasteiger partial charge in [-0.2, -0.15) is 10.9 Å². The second-order valence-corrected chi connectivity index (χ2v) is 3.28. The predicted molar refractivity (Wildman–Crippen MR) is 39.0 cm³/mol. The van der Waals surface area contributed by atoms with Crippen molar-refractivity contribution in [2.24, 2.45) is 0 Å². The molecule has 48 valence electrons. The number of hydrogen-bond donors (Lipinski definition) is 1. The molecule has 1 aliphatic rings. The molecule has 1 aliphatic heterocycles. The fraction of sp³-hybridized carbons (Fsp3) is 0. The van der Waals surface area contributed by atoms with Gasteiger partial charge in [-0.15, -0.1) is 0 Å². The van der Waals surface area contributed by atoms with Crippen LogP contribution in [0.3, 0.4) is 0 Å². The molecule has 1 heterocycles. The van der Waals surface area contributed by atoms with Crippen molar-refractivity contribution < 1.29 is 9.59 Å². The zero-order chi connectivity index (χ0) is 6.69. The van der Waals surface area contributed by atoms with Crippen molar-refractivity contribution in [3.05, 3.63) is 22.5 Å². The Morgan fingerprint density at radius 1 is 1.44 bits per heavy atom. The van der Waals surface area contributed by atoms with Gasteiger partial charge in [-0.1, -0.05) is 0 Å². The van der Waals surface area contributed by atoms with E-state index < -0.39 is 10.9 Å². The van der Waals surface area contributed by atoms with E-state index in [1.54, 1.807) is 16.9 Å². The van der Waals surface area contributed by atoms with Gasteiger partial charge in [0.2, 0.25) is 0 Å². The molecular weight excluding hydrogens is 136 g/mol. The van der Waals surface area contributed by atoms with Crippen molar-refractivity contribution in [1.82, 2.24) is 0 Å². The van der Waals surface area contributed by atoms with Gasteiger partial charge in [0.15, 0.2) is 11.9 Å². The van der Waals surface area contributed by atoms with Gasteiger partial charge in [0.1, 0.15) is 0 Å². The van der Waals surface area contributed by atoms with E-state index in [1.807, 2.05) is 0 Å². The minimum absolute atomic E-state index is 0.619. The standard InChI is InChI=1S/C6H6O2S/c7-3-6-1-2-9(4-6)5-8/h1-5,9H. The lowest BCUT2D eigenvalue weighted by atomic mass is 10.3. The predicted octanol–water partition coefficient (Wildman–Crippen LogP) is 0.788. The maximum atomic E-state index is 10.1. The lowest BCUT2D eigenvalue weighted by Crippen LogP contribution is -1.71. The minimum atomic E-state index is -0.742. The molecule has 0 bridgehead atoms. The highest BCUT2D eigenvalue weighted by Gasteiger charge is 2.01. The first-order valence-electron chi connectivity index (χ1n) is 2.45. The molecule has 1 rings (SSSR count). The van der Waals surface area contributed by atoms with Crippen LogP contribution in [0, 0.1) is 0 Å². The highest BCUT2D eigenvalue weighted by Crippen LogP contribution is 2.31. The topological polar surface area (TPSA) is 34.1 Å². The van der Waals surface area contributed by atoms with Gasteiger partial charge in [-0.3, -0.25) is 9.59 Å². The third-order valence-electron chi connectivity index (χ3n) is 0.995. The van der Waals surface area contributed by atoms with Crippen LogP contribution in [-0.2, 0) is 9.59 Å². The molecular formula is C6H6O2S. The fourth-order valence-corrected chi connectivity index (χ4v) is 1.62. The number of aldehydes is 1. The summed E-state index contributed by atoms with van der Waals surface area (Å²) < 4.78 is 0. The van der Waals surface area contributed by atoms with Crippen LogP contribution in [-0.4, -0.2) is 11.9 Å². The molecule has 0 aromatic carbocycles. The zero-order valence-corrected chi connectivity index (χ0v) is 5.54. The van der Waals surface area contributed by atoms with Gasteiger partial charge in [0, 0.05) is 5.57 Å². The lowest BCUT2D eigenvalue weighted by molar-refractivity contribution is -0.104. The van der Waals surface area contributed by atoms with Gasteiger partial charge in [0.25, 0.3) is 0 Å². The van der Waals surface area contributed by atoms with Crippen LogP contribution in [0.15, 0.2) is 22.5 Å². The van der Waals surface area contributed by atoms with E-state index in [4.69, 9.17) is 0 Å². The van der Waals surface area contributed by atoms with Crippen molar-refractivity contribution in [3.63, 3.8) is 0 Å². The summed E-state index contributed by atoms with van der Waals surface area (Å²) in [6.07, 6.45) is 2.43. The first kappa shape index (κ1) is 6.29. The van der Waals surface area contributed by atoms with Crippen LogP contribution < -0.4 is 0 Å². The van der Waals surface area contributed by atoms with Gasteiger partial charge in [-0.25, -0.2) is 0 Å². The maximum Gasteiger partial charge on any atom is 0.163 e. The third kappa shape index (κ3) is 1.29. The van der Waals surface area contributed by atoms with Gasteiger partial charge < -0.3 is 0 Å². The summed E-state index contributed by atoms with van der Waals surface area (Å²) in [5.41, 5.74) is 1.48. The Bertz CT molecular complexity index is 193. The molecule has 0 N–H and O–H groups in total. The van der Waals surface area contributed by atoms with Crippen LogP contribution in [0.5, 0.6) is 0 Å². The average molecular weight is 142 g/mol. The van der Waals surface area contributed by atoms with Crippen LogP contribution in [0.4, 0.5) is 0 Å². The third-order valence-corrected chi connectivity index (χ3v) is 2.33. The van der Waals surface area contributed by atoms with Crippen LogP contribution in [0.25, 0.3) is 0 Å². The van der Waals surface area contributed by atoms with Crippen LogP contribution in [0.2, 0.25) is 0 Å². The number of thiol groups is 1. The second-order valence-electron chi connectivity index (χ2n) is 1.62. The number of hydrogen-bond acceptors (Lipinski definition) is 2. The van der Waals surface area contributed by atoms with Crippen molar-refractivity contribution in [2.75, 3.05) is 0 Å². The van der Waals surface area contributed by atoms with E-state index in [1.165, 1.54) is 0 Å². The first-order chi connectivity index (χ1) is 4.36. The van der Waals surface area contributed by atoms with Crippen LogP contribution >= 0.6 is 10.9 Å². The number of rotatable bonds is 2. The monoisotopic (exact) mass is 142 g/mol. The van der Waals surface area contributed by atoms with Crippen molar-refractivity contribution in [2.45, 2.75) is 0 Å². The zero-order valence-electron chi connectivity index (χ0n) is 4.65. The molecule has 0 amide bonds. The normalized spacial score (nSPS) is 27.6. The number of allylic oxidation sites excluding steroid dienone is 2. The minimum Gasteiger partial charge on any atom is -0.298 e. The molecule has 9 heavy (non-hydrogen) atoms. The fourth-order valence-electron chi connectivity index (χ4n) is 0.566. The molecule has 0 saturated carbocycles. The highest BCUT2D eigenvalue weighted by atomic mass is 32.2. The molecule has 3 heteroatoms. The van der Waals surface area contributed by atoms with E-state index in [2.05, 4.69) is 0 Å². The Hall–Kier alpha value is -0.830. The summed E-state index contributed by atoms with van der Waals surface area (Å²) >= 11 is 0. The summed E-state index contributed by atoms with van der Waals surface area (Å²) in [6, 6.07) is 0. The first-order valence-corrected chi connectivity index (χ1v) is 3.99. The molecule has 1 unspecified atom stereocenters. The molecule has 1 atom stereocenters. The maximum absolute atomic E-state index is 10.1. The van der Waals surface area contributed by atoms with E-state index in [-0.39, 0.29) is 0 Å². The van der Waals surface area contributed by atoms with E-state index in [0.29, 0.717) is 5.57 Å². The summed E-state index contributed by atoms with van der Waals surface area (Å²) in [5.74, 6) is 0. The summed E-state index contributed by atoms with van der Waals surface area (Å²) in [5, 5.41) is 3.45. The smallest absolute Gasteiger partial charge is 0.163 e. The van der Waals surface area contributed by atoms with Crippen LogP contribution in [0.1, 0.15) is 0 Å². The molecule has 0 aliphatic carbocycles. The Morgan fingerprint density at radius 3 is 2.56 bits per heavy atom. The Balaban J connectivity index is 2.72. The van der Waals surface area contributed by atoms with Gasteiger partial charge in [0.05, 0.1) is 0 Å². The Kier molecular flexibility index (Phi) is 1.85. The van der Waals surface area contributed by atoms with Gasteiger partial charge >= 0.3 is 0 Å². The molecule has 0 radical (unpaired) electrons. The molecule has 0 aromatic rings. The SMILES string of the molecule is O=CC1=C[SH](C=O)C=C1.